The third-order valence-electron chi connectivity index (χ3n) is 4.73. The number of benzene rings is 1. The van der Waals surface area contributed by atoms with Crippen LogP contribution in [0.5, 0.6) is 0 Å². The number of hydrogen-bond donors (Lipinski definition) is 0. The number of rotatable bonds is 5. The average Bonchev–Trinajstić information content (AvgIpc) is 3.16. The summed E-state index contributed by atoms with van der Waals surface area (Å²) in [4.78, 5) is 24.9. The molecule has 2 aromatic heterocycles. The van der Waals surface area contributed by atoms with Crippen molar-refractivity contribution in [2.45, 2.75) is 12.8 Å². The zero-order chi connectivity index (χ0) is 19.5. The summed E-state index contributed by atoms with van der Waals surface area (Å²) in [6.07, 6.45) is 2.87. The second-order valence-corrected chi connectivity index (χ2v) is 7.30. The van der Waals surface area contributed by atoms with Gasteiger partial charge in [-0.3, -0.25) is 4.79 Å². The Labute approximate surface area is 169 Å². The number of hydrogen-bond acceptors (Lipinski definition) is 6. The lowest BCUT2D eigenvalue weighted by Gasteiger charge is -2.35. The van der Waals surface area contributed by atoms with Gasteiger partial charge in [-0.05, 0) is 24.6 Å². The van der Waals surface area contributed by atoms with Crippen molar-refractivity contribution >= 4 is 38.8 Å². The van der Waals surface area contributed by atoms with E-state index in [-0.39, 0.29) is 11.7 Å². The summed E-state index contributed by atoms with van der Waals surface area (Å²) in [5.41, 5.74) is 1.63. The van der Waals surface area contributed by atoms with Crippen LogP contribution in [0.15, 0.2) is 30.6 Å². The maximum atomic E-state index is 13.6. The maximum Gasteiger partial charge on any atom is 0.222 e. The molecule has 146 valence electrons. The SMILES string of the molecule is O=C(CCCBr)N1CCN(c2ncnc3c2nnn3-c2cccc(F)c2)CC1. The number of carbonyl (C=O) groups excluding carboxylic acids is 1. The molecular formula is C18H19BrFN7O. The van der Waals surface area contributed by atoms with Gasteiger partial charge in [0, 0.05) is 37.9 Å². The number of nitrogens with zero attached hydrogens (tertiary/aromatic N) is 7. The normalized spacial score (nSPS) is 14.6. The average molecular weight is 448 g/mol. The largest absolute Gasteiger partial charge is 0.351 e. The van der Waals surface area contributed by atoms with Gasteiger partial charge in [0.25, 0.3) is 0 Å². The maximum absolute atomic E-state index is 13.6. The van der Waals surface area contributed by atoms with Crippen molar-refractivity contribution in [2.24, 2.45) is 0 Å². The smallest absolute Gasteiger partial charge is 0.222 e. The van der Waals surface area contributed by atoms with E-state index < -0.39 is 0 Å². The monoisotopic (exact) mass is 447 g/mol. The van der Waals surface area contributed by atoms with Crippen LogP contribution in [-0.2, 0) is 4.79 Å². The van der Waals surface area contributed by atoms with E-state index in [0.29, 0.717) is 55.3 Å². The minimum atomic E-state index is -0.351. The number of halogens is 2. The van der Waals surface area contributed by atoms with Gasteiger partial charge in [0.2, 0.25) is 5.91 Å². The number of alkyl halides is 1. The minimum absolute atomic E-state index is 0.184. The first-order valence-electron chi connectivity index (χ1n) is 9.08. The standard InChI is InChI=1S/C18H19BrFN7O/c19-6-2-5-15(28)25-7-9-26(10-8-25)17-16-18(22-12-21-17)27(24-23-16)14-4-1-3-13(20)11-14/h1,3-4,11-12H,2,5-10H2. The van der Waals surface area contributed by atoms with Crippen molar-refractivity contribution in [3.8, 4) is 5.69 Å². The van der Waals surface area contributed by atoms with Crippen molar-refractivity contribution in [1.82, 2.24) is 29.9 Å². The molecule has 3 aromatic rings. The molecule has 0 spiro atoms. The van der Waals surface area contributed by atoms with Crippen LogP contribution in [0.1, 0.15) is 12.8 Å². The third-order valence-corrected chi connectivity index (χ3v) is 5.29. The zero-order valence-electron chi connectivity index (χ0n) is 15.1. The van der Waals surface area contributed by atoms with Crippen LogP contribution >= 0.6 is 15.9 Å². The summed E-state index contributed by atoms with van der Waals surface area (Å²) in [7, 11) is 0. The lowest BCUT2D eigenvalue weighted by atomic mass is 10.2. The van der Waals surface area contributed by atoms with Crippen molar-refractivity contribution in [3.05, 3.63) is 36.4 Å². The number of fused-ring (bicyclic) bond motifs is 1. The van der Waals surface area contributed by atoms with E-state index in [1.54, 1.807) is 12.1 Å². The van der Waals surface area contributed by atoms with Gasteiger partial charge in [-0.1, -0.05) is 27.2 Å². The first-order chi connectivity index (χ1) is 13.7. The first-order valence-corrected chi connectivity index (χ1v) is 10.2. The number of aromatic nitrogens is 5. The molecule has 1 aliphatic heterocycles. The molecule has 1 aliphatic rings. The zero-order valence-corrected chi connectivity index (χ0v) is 16.7. The summed E-state index contributed by atoms with van der Waals surface area (Å²) in [6, 6.07) is 6.12. The van der Waals surface area contributed by atoms with Crippen molar-refractivity contribution in [2.75, 3.05) is 36.4 Å². The third kappa shape index (κ3) is 3.68. The van der Waals surface area contributed by atoms with Crippen LogP contribution in [-0.4, -0.2) is 67.3 Å². The molecule has 0 aliphatic carbocycles. The molecule has 0 saturated carbocycles. The van der Waals surface area contributed by atoms with Crippen LogP contribution in [0.4, 0.5) is 10.2 Å². The quantitative estimate of drug-likeness (QED) is 0.557. The fourth-order valence-electron chi connectivity index (χ4n) is 3.29. The molecule has 0 unspecified atom stereocenters. The molecule has 4 rings (SSSR count). The van der Waals surface area contributed by atoms with Gasteiger partial charge in [-0.2, -0.15) is 4.68 Å². The molecule has 3 heterocycles. The summed E-state index contributed by atoms with van der Waals surface area (Å²) < 4.78 is 15.1. The van der Waals surface area contributed by atoms with Gasteiger partial charge < -0.3 is 9.80 Å². The summed E-state index contributed by atoms with van der Waals surface area (Å²) in [5, 5.41) is 9.21. The van der Waals surface area contributed by atoms with Crippen LogP contribution in [0.25, 0.3) is 16.9 Å². The Morgan fingerprint density at radius 2 is 2.00 bits per heavy atom. The molecule has 1 saturated heterocycles. The predicted octanol–water partition coefficient (Wildman–Crippen LogP) is 2.17. The summed E-state index contributed by atoms with van der Waals surface area (Å²) in [5.74, 6) is 0.514. The molecule has 0 bridgehead atoms. The van der Waals surface area contributed by atoms with E-state index in [0.717, 1.165) is 11.8 Å². The lowest BCUT2D eigenvalue weighted by molar-refractivity contribution is -0.131. The molecule has 1 fully saturated rings. The Hall–Kier alpha value is -2.62. The molecule has 28 heavy (non-hydrogen) atoms. The van der Waals surface area contributed by atoms with Gasteiger partial charge >= 0.3 is 0 Å². The van der Waals surface area contributed by atoms with Gasteiger partial charge in [0.15, 0.2) is 17.0 Å². The fourth-order valence-corrected chi connectivity index (χ4v) is 3.57. The topological polar surface area (TPSA) is 80.0 Å². The molecular weight excluding hydrogens is 429 g/mol. The highest BCUT2D eigenvalue weighted by Gasteiger charge is 2.24. The molecule has 0 N–H and O–H groups in total. The molecule has 0 atom stereocenters. The second-order valence-electron chi connectivity index (χ2n) is 6.51. The van der Waals surface area contributed by atoms with E-state index in [4.69, 9.17) is 0 Å². The van der Waals surface area contributed by atoms with E-state index >= 15 is 0 Å². The van der Waals surface area contributed by atoms with Crippen molar-refractivity contribution in [3.63, 3.8) is 0 Å². The number of carbonyl (C=O) groups is 1. The Bertz CT molecular complexity index is 987. The van der Waals surface area contributed by atoms with Crippen LogP contribution in [0, 0.1) is 5.82 Å². The van der Waals surface area contributed by atoms with Gasteiger partial charge in [-0.25, -0.2) is 14.4 Å². The highest BCUT2D eigenvalue weighted by molar-refractivity contribution is 9.09. The minimum Gasteiger partial charge on any atom is -0.351 e. The fraction of sp³-hybridized carbons (Fsp3) is 0.389. The van der Waals surface area contributed by atoms with Crippen LogP contribution in [0.3, 0.4) is 0 Å². The molecule has 10 heteroatoms. The Morgan fingerprint density at radius 3 is 2.75 bits per heavy atom. The lowest BCUT2D eigenvalue weighted by Crippen LogP contribution is -2.49. The predicted molar refractivity (Wildman–Crippen MR) is 106 cm³/mol. The first kappa shape index (κ1) is 18.7. The highest BCUT2D eigenvalue weighted by Crippen LogP contribution is 2.24. The van der Waals surface area contributed by atoms with Crippen molar-refractivity contribution in [1.29, 1.82) is 0 Å². The molecule has 1 amide bonds. The van der Waals surface area contributed by atoms with Crippen LogP contribution in [0.2, 0.25) is 0 Å². The molecule has 1 aromatic carbocycles. The van der Waals surface area contributed by atoms with E-state index in [9.17, 15) is 9.18 Å². The van der Waals surface area contributed by atoms with Gasteiger partial charge in [0.1, 0.15) is 12.1 Å². The summed E-state index contributed by atoms with van der Waals surface area (Å²) in [6.45, 7) is 2.62. The Kier molecular flexibility index (Phi) is 5.47. The van der Waals surface area contributed by atoms with E-state index in [1.807, 2.05) is 4.90 Å². The Balaban J connectivity index is 1.55. The Morgan fingerprint density at radius 1 is 1.18 bits per heavy atom. The van der Waals surface area contributed by atoms with Gasteiger partial charge in [-0.15, -0.1) is 5.10 Å². The molecule has 0 radical (unpaired) electrons. The van der Waals surface area contributed by atoms with E-state index in [2.05, 4.69) is 41.1 Å². The number of anilines is 1. The highest BCUT2D eigenvalue weighted by atomic mass is 79.9. The number of amides is 1. The summed E-state index contributed by atoms with van der Waals surface area (Å²) >= 11 is 3.36. The van der Waals surface area contributed by atoms with Gasteiger partial charge in [0.05, 0.1) is 5.69 Å². The van der Waals surface area contributed by atoms with Crippen molar-refractivity contribution < 1.29 is 9.18 Å². The van der Waals surface area contributed by atoms with E-state index in [1.165, 1.54) is 23.1 Å². The number of piperazine rings is 1. The molecule has 8 nitrogen and oxygen atoms in total. The van der Waals surface area contributed by atoms with Crippen LogP contribution < -0.4 is 4.90 Å². The second kappa shape index (κ2) is 8.17.